The van der Waals surface area contributed by atoms with Crippen molar-refractivity contribution in [3.8, 4) is 0 Å². The first-order valence-electron chi connectivity index (χ1n) is 5.12. The number of anilines is 2. The first-order chi connectivity index (χ1) is 7.05. The summed E-state index contributed by atoms with van der Waals surface area (Å²) in [6, 6.07) is 1.86. The molecule has 1 rings (SSSR count). The zero-order chi connectivity index (χ0) is 11.3. The Balaban J connectivity index is 2.53. The Hall–Kier alpha value is -1.29. The van der Waals surface area contributed by atoms with Gasteiger partial charge in [0, 0.05) is 19.3 Å². The standard InChI is InChI=1S/C11H19N3O/c1-4-15-11(2,3)8-14-10-5-6-13-7-9(10)12/h5-7H,4,8,12H2,1-3H3,(H,13,14). The van der Waals surface area contributed by atoms with Crippen molar-refractivity contribution in [2.75, 3.05) is 24.2 Å². The summed E-state index contributed by atoms with van der Waals surface area (Å²) < 4.78 is 5.57. The van der Waals surface area contributed by atoms with Crippen LogP contribution in [0.4, 0.5) is 11.4 Å². The molecule has 15 heavy (non-hydrogen) atoms. The van der Waals surface area contributed by atoms with Gasteiger partial charge >= 0.3 is 0 Å². The Morgan fingerprint density at radius 2 is 2.27 bits per heavy atom. The Morgan fingerprint density at radius 3 is 2.87 bits per heavy atom. The first kappa shape index (κ1) is 11.8. The molecule has 4 nitrogen and oxygen atoms in total. The molecule has 84 valence electrons. The highest BCUT2D eigenvalue weighted by Gasteiger charge is 2.17. The quantitative estimate of drug-likeness (QED) is 0.777. The van der Waals surface area contributed by atoms with E-state index in [1.807, 2.05) is 26.8 Å². The average Bonchev–Trinajstić information content (AvgIpc) is 2.16. The largest absolute Gasteiger partial charge is 0.396 e. The summed E-state index contributed by atoms with van der Waals surface area (Å²) in [7, 11) is 0. The van der Waals surface area contributed by atoms with E-state index in [1.54, 1.807) is 12.4 Å². The van der Waals surface area contributed by atoms with Crippen LogP contribution >= 0.6 is 0 Å². The number of hydrogen-bond donors (Lipinski definition) is 2. The Labute approximate surface area is 90.8 Å². The number of nitrogens with two attached hydrogens (primary N) is 1. The molecule has 0 aliphatic carbocycles. The molecule has 0 aliphatic rings. The molecule has 4 heteroatoms. The van der Waals surface area contributed by atoms with E-state index in [0.717, 1.165) is 12.2 Å². The number of aromatic nitrogens is 1. The number of nitrogens with one attached hydrogen (secondary N) is 1. The van der Waals surface area contributed by atoms with Crippen LogP contribution in [0.15, 0.2) is 18.5 Å². The molecule has 0 radical (unpaired) electrons. The van der Waals surface area contributed by atoms with E-state index in [0.29, 0.717) is 12.3 Å². The van der Waals surface area contributed by atoms with Crippen LogP contribution in [0.1, 0.15) is 20.8 Å². The Bertz CT molecular complexity index is 312. The summed E-state index contributed by atoms with van der Waals surface area (Å²) in [4.78, 5) is 3.93. The number of rotatable bonds is 5. The van der Waals surface area contributed by atoms with Crippen LogP contribution in [-0.2, 0) is 4.74 Å². The molecular formula is C11H19N3O. The molecule has 0 saturated heterocycles. The van der Waals surface area contributed by atoms with Gasteiger partial charge in [-0.15, -0.1) is 0 Å². The van der Waals surface area contributed by atoms with Crippen LogP contribution < -0.4 is 11.1 Å². The lowest BCUT2D eigenvalue weighted by Crippen LogP contribution is -2.33. The smallest absolute Gasteiger partial charge is 0.0797 e. The zero-order valence-corrected chi connectivity index (χ0v) is 9.58. The zero-order valence-electron chi connectivity index (χ0n) is 9.58. The molecule has 0 unspecified atom stereocenters. The topological polar surface area (TPSA) is 60.2 Å². The van der Waals surface area contributed by atoms with Crippen molar-refractivity contribution in [2.24, 2.45) is 0 Å². The fraction of sp³-hybridized carbons (Fsp3) is 0.545. The molecule has 1 aromatic rings. The SMILES string of the molecule is CCOC(C)(C)CNc1ccncc1N. The molecule has 0 fully saturated rings. The summed E-state index contributed by atoms with van der Waals surface area (Å²) in [6.07, 6.45) is 3.35. The Kier molecular flexibility index (Phi) is 3.91. The van der Waals surface area contributed by atoms with Gasteiger partial charge < -0.3 is 15.8 Å². The van der Waals surface area contributed by atoms with Gasteiger partial charge in [-0.1, -0.05) is 0 Å². The third-order valence-corrected chi connectivity index (χ3v) is 2.09. The summed E-state index contributed by atoms with van der Waals surface area (Å²) >= 11 is 0. The molecule has 0 amide bonds. The van der Waals surface area contributed by atoms with Gasteiger partial charge in [-0.3, -0.25) is 4.98 Å². The summed E-state index contributed by atoms with van der Waals surface area (Å²) in [5.74, 6) is 0. The number of pyridine rings is 1. The van der Waals surface area contributed by atoms with Gasteiger partial charge in [-0.2, -0.15) is 0 Å². The second-order valence-electron chi connectivity index (χ2n) is 4.01. The third-order valence-electron chi connectivity index (χ3n) is 2.09. The highest BCUT2D eigenvalue weighted by atomic mass is 16.5. The molecule has 0 aliphatic heterocycles. The fourth-order valence-electron chi connectivity index (χ4n) is 1.32. The van der Waals surface area contributed by atoms with Crippen LogP contribution in [0, 0.1) is 0 Å². The lowest BCUT2D eigenvalue weighted by Gasteiger charge is -2.25. The third kappa shape index (κ3) is 3.75. The van der Waals surface area contributed by atoms with Crippen LogP contribution in [0.3, 0.4) is 0 Å². The molecule has 1 heterocycles. The van der Waals surface area contributed by atoms with E-state index < -0.39 is 0 Å². The molecule has 3 N–H and O–H groups in total. The predicted molar refractivity (Wildman–Crippen MR) is 62.8 cm³/mol. The van der Waals surface area contributed by atoms with Crippen molar-refractivity contribution in [3.63, 3.8) is 0 Å². The van der Waals surface area contributed by atoms with Gasteiger partial charge in [-0.25, -0.2) is 0 Å². The van der Waals surface area contributed by atoms with Crippen molar-refractivity contribution >= 4 is 11.4 Å². The summed E-state index contributed by atoms with van der Waals surface area (Å²) in [6.45, 7) is 7.50. The minimum atomic E-state index is -0.190. The molecule has 0 saturated carbocycles. The minimum Gasteiger partial charge on any atom is -0.396 e. The average molecular weight is 209 g/mol. The predicted octanol–water partition coefficient (Wildman–Crippen LogP) is 1.89. The van der Waals surface area contributed by atoms with Crippen molar-refractivity contribution in [2.45, 2.75) is 26.4 Å². The van der Waals surface area contributed by atoms with Crippen molar-refractivity contribution in [3.05, 3.63) is 18.5 Å². The maximum Gasteiger partial charge on any atom is 0.0797 e. The molecule has 0 spiro atoms. The Morgan fingerprint density at radius 1 is 1.53 bits per heavy atom. The van der Waals surface area contributed by atoms with Gasteiger partial charge in [0.25, 0.3) is 0 Å². The van der Waals surface area contributed by atoms with Crippen LogP contribution in [0.25, 0.3) is 0 Å². The second kappa shape index (κ2) is 4.98. The highest BCUT2D eigenvalue weighted by Crippen LogP contribution is 2.17. The normalized spacial score (nSPS) is 11.4. The van der Waals surface area contributed by atoms with Gasteiger partial charge in [0.2, 0.25) is 0 Å². The molecule has 1 aromatic heterocycles. The van der Waals surface area contributed by atoms with Gasteiger partial charge in [0.1, 0.15) is 0 Å². The monoisotopic (exact) mass is 209 g/mol. The van der Waals surface area contributed by atoms with Crippen molar-refractivity contribution in [1.29, 1.82) is 0 Å². The maximum absolute atomic E-state index is 5.76. The van der Waals surface area contributed by atoms with E-state index in [1.165, 1.54) is 0 Å². The van der Waals surface area contributed by atoms with E-state index >= 15 is 0 Å². The summed E-state index contributed by atoms with van der Waals surface area (Å²) in [5, 5.41) is 3.25. The van der Waals surface area contributed by atoms with Gasteiger partial charge in [-0.05, 0) is 26.8 Å². The fourth-order valence-corrected chi connectivity index (χ4v) is 1.32. The molecule has 0 aromatic carbocycles. The number of ether oxygens (including phenoxy) is 1. The van der Waals surface area contributed by atoms with E-state index in [2.05, 4.69) is 10.3 Å². The molecule has 0 atom stereocenters. The van der Waals surface area contributed by atoms with Crippen LogP contribution in [0.2, 0.25) is 0 Å². The minimum absolute atomic E-state index is 0.190. The highest BCUT2D eigenvalue weighted by molar-refractivity contribution is 5.64. The lowest BCUT2D eigenvalue weighted by molar-refractivity contribution is 0.000709. The van der Waals surface area contributed by atoms with Crippen LogP contribution in [-0.4, -0.2) is 23.7 Å². The molecular weight excluding hydrogens is 190 g/mol. The molecule has 0 bridgehead atoms. The van der Waals surface area contributed by atoms with E-state index in [9.17, 15) is 0 Å². The first-order valence-corrected chi connectivity index (χ1v) is 5.12. The number of nitrogen functional groups attached to an aromatic ring is 1. The second-order valence-corrected chi connectivity index (χ2v) is 4.01. The van der Waals surface area contributed by atoms with Crippen LogP contribution in [0.5, 0.6) is 0 Å². The van der Waals surface area contributed by atoms with E-state index in [-0.39, 0.29) is 5.60 Å². The van der Waals surface area contributed by atoms with E-state index in [4.69, 9.17) is 10.5 Å². The van der Waals surface area contributed by atoms with Gasteiger partial charge in [0.05, 0.1) is 23.2 Å². The lowest BCUT2D eigenvalue weighted by atomic mass is 10.1. The van der Waals surface area contributed by atoms with Gasteiger partial charge in [0.15, 0.2) is 0 Å². The number of nitrogens with zero attached hydrogens (tertiary/aromatic N) is 1. The number of hydrogen-bond acceptors (Lipinski definition) is 4. The van der Waals surface area contributed by atoms with Crippen molar-refractivity contribution < 1.29 is 4.74 Å². The van der Waals surface area contributed by atoms with Crippen molar-refractivity contribution in [1.82, 2.24) is 4.98 Å². The summed E-state index contributed by atoms with van der Waals surface area (Å²) in [5.41, 5.74) is 7.13. The maximum atomic E-state index is 5.76.